The largest absolute Gasteiger partial charge is 0.422 e. The number of nitrogens with two attached hydrogens (primary N) is 1. The van der Waals surface area contributed by atoms with E-state index in [4.69, 9.17) is 68.5 Å². The van der Waals surface area contributed by atoms with Crippen LogP contribution in [0.2, 0.25) is 25.1 Å². The molecule has 0 aliphatic carbocycles. The Hall–Kier alpha value is 0.580. The fraction of sp³-hybridized carbons (Fsp3) is 0.125. The van der Waals surface area contributed by atoms with Gasteiger partial charge in [0.15, 0.2) is 5.75 Å². The zero-order valence-corrected chi connectivity index (χ0v) is 13.4. The molecule has 1 rings (SSSR count). The molecule has 17 heavy (non-hydrogen) atoms. The van der Waals surface area contributed by atoms with E-state index in [0.29, 0.717) is 0 Å². The molecule has 0 radical (unpaired) electrons. The Balaban J connectivity index is 0.00000256. The van der Waals surface area contributed by atoms with E-state index in [-0.39, 0.29) is 54.4 Å². The molecule has 0 saturated carbocycles. The Bertz CT molecular complexity index is 425. The third kappa shape index (κ3) is 3.77. The van der Waals surface area contributed by atoms with Crippen LogP contribution in [-0.4, -0.2) is 12.5 Å². The first-order valence-electron chi connectivity index (χ1n) is 3.82. The maximum Gasteiger partial charge on any atom is 0.325 e. The number of carbonyl (C=O) groups is 1. The fourth-order valence-corrected chi connectivity index (χ4v) is 2.03. The molecule has 9 heteroatoms. The number of ether oxygens (including phenoxy) is 1. The zero-order valence-electron chi connectivity index (χ0n) is 7.90. The van der Waals surface area contributed by atoms with Gasteiger partial charge in [0.2, 0.25) is 0 Å². The van der Waals surface area contributed by atoms with Crippen LogP contribution in [0, 0.1) is 0 Å². The SMILES string of the molecule is Br.NCC(=O)Oc1c(Cl)c(Cl)c(Cl)c(Cl)c1Cl. The van der Waals surface area contributed by atoms with Crippen LogP contribution in [0.15, 0.2) is 0 Å². The molecule has 0 atom stereocenters. The highest BCUT2D eigenvalue weighted by atomic mass is 79.9. The smallest absolute Gasteiger partial charge is 0.325 e. The number of esters is 1. The Kier molecular flexibility index (Phi) is 7.49. The molecular formula is C8H5BrCl5NO2. The monoisotopic (exact) mass is 401 g/mol. The van der Waals surface area contributed by atoms with Gasteiger partial charge in [-0.05, 0) is 0 Å². The second kappa shape index (κ2) is 7.24. The lowest BCUT2D eigenvalue weighted by Crippen LogP contribution is -2.19. The van der Waals surface area contributed by atoms with Gasteiger partial charge in [0.05, 0.1) is 21.6 Å². The first-order chi connectivity index (χ1) is 7.40. The predicted octanol–water partition coefficient (Wildman–Crippen LogP) is 4.40. The molecule has 0 aliphatic rings. The molecule has 0 aromatic heterocycles. The van der Waals surface area contributed by atoms with Crippen molar-refractivity contribution in [1.82, 2.24) is 0 Å². The van der Waals surface area contributed by atoms with E-state index in [2.05, 4.69) is 0 Å². The van der Waals surface area contributed by atoms with Crippen molar-refractivity contribution >= 4 is 81.0 Å². The molecule has 0 amide bonds. The van der Waals surface area contributed by atoms with Gasteiger partial charge in [-0.1, -0.05) is 58.0 Å². The van der Waals surface area contributed by atoms with Gasteiger partial charge in [-0.2, -0.15) is 0 Å². The predicted molar refractivity (Wildman–Crippen MR) is 76.5 cm³/mol. The van der Waals surface area contributed by atoms with E-state index < -0.39 is 5.97 Å². The van der Waals surface area contributed by atoms with Crippen molar-refractivity contribution in [3.63, 3.8) is 0 Å². The molecule has 0 spiro atoms. The van der Waals surface area contributed by atoms with Crippen LogP contribution < -0.4 is 10.5 Å². The second-order valence-electron chi connectivity index (χ2n) is 2.58. The first kappa shape index (κ1) is 17.6. The molecule has 96 valence electrons. The number of rotatable bonds is 2. The van der Waals surface area contributed by atoms with E-state index in [1.54, 1.807) is 0 Å². The van der Waals surface area contributed by atoms with Gasteiger partial charge in [0, 0.05) is 0 Å². The summed E-state index contributed by atoms with van der Waals surface area (Å²) in [6, 6.07) is 0. The molecule has 1 aromatic rings. The Morgan fingerprint density at radius 1 is 0.941 bits per heavy atom. The normalized spacial score (nSPS) is 9.76. The quantitative estimate of drug-likeness (QED) is 0.344. The van der Waals surface area contributed by atoms with Crippen LogP contribution in [0.4, 0.5) is 0 Å². The minimum absolute atomic E-state index is 0. The lowest BCUT2D eigenvalue weighted by Gasteiger charge is -2.11. The van der Waals surface area contributed by atoms with E-state index in [0.717, 1.165) is 0 Å². The van der Waals surface area contributed by atoms with Gasteiger partial charge in [0.1, 0.15) is 10.0 Å². The Morgan fingerprint density at radius 2 is 1.29 bits per heavy atom. The van der Waals surface area contributed by atoms with Gasteiger partial charge < -0.3 is 10.5 Å². The third-order valence-electron chi connectivity index (χ3n) is 1.55. The lowest BCUT2D eigenvalue weighted by molar-refractivity contribution is -0.132. The molecule has 0 unspecified atom stereocenters. The summed E-state index contributed by atoms with van der Waals surface area (Å²) in [7, 11) is 0. The van der Waals surface area contributed by atoms with Crippen molar-refractivity contribution in [3.05, 3.63) is 25.1 Å². The summed E-state index contributed by atoms with van der Waals surface area (Å²) < 4.78 is 4.79. The fourth-order valence-electron chi connectivity index (χ4n) is 0.830. The van der Waals surface area contributed by atoms with Crippen LogP contribution in [0.1, 0.15) is 0 Å². The number of hydrogen-bond donors (Lipinski definition) is 1. The van der Waals surface area contributed by atoms with E-state index in [1.165, 1.54) is 0 Å². The van der Waals surface area contributed by atoms with Crippen molar-refractivity contribution in [2.75, 3.05) is 6.54 Å². The van der Waals surface area contributed by atoms with Crippen molar-refractivity contribution in [1.29, 1.82) is 0 Å². The topological polar surface area (TPSA) is 52.3 Å². The zero-order chi connectivity index (χ0) is 12.5. The van der Waals surface area contributed by atoms with Crippen molar-refractivity contribution < 1.29 is 9.53 Å². The molecule has 2 N–H and O–H groups in total. The van der Waals surface area contributed by atoms with Crippen LogP contribution in [-0.2, 0) is 4.79 Å². The standard InChI is InChI=1S/C8H4Cl5NO2.BrH/c9-3-4(10)6(12)8(7(13)5(3)11)16-2(15)1-14;/h1,14H2;1H. The van der Waals surface area contributed by atoms with Crippen molar-refractivity contribution in [2.24, 2.45) is 5.73 Å². The van der Waals surface area contributed by atoms with Gasteiger partial charge in [0.25, 0.3) is 0 Å². The molecule has 1 aromatic carbocycles. The summed E-state index contributed by atoms with van der Waals surface area (Å²) in [4.78, 5) is 11.0. The van der Waals surface area contributed by atoms with Crippen LogP contribution in [0.3, 0.4) is 0 Å². The maximum absolute atomic E-state index is 11.0. The highest BCUT2D eigenvalue weighted by molar-refractivity contribution is 8.93. The van der Waals surface area contributed by atoms with Gasteiger partial charge in [-0.3, -0.25) is 4.79 Å². The van der Waals surface area contributed by atoms with Crippen LogP contribution in [0.5, 0.6) is 5.75 Å². The summed E-state index contributed by atoms with van der Waals surface area (Å²) in [5.41, 5.74) is 5.07. The highest BCUT2D eigenvalue weighted by Gasteiger charge is 2.22. The summed E-state index contributed by atoms with van der Waals surface area (Å²) >= 11 is 28.8. The number of halogens is 6. The second-order valence-corrected chi connectivity index (χ2v) is 4.47. The summed E-state index contributed by atoms with van der Waals surface area (Å²) in [6.07, 6.45) is 0. The summed E-state index contributed by atoms with van der Waals surface area (Å²) in [6.45, 7) is -0.329. The Morgan fingerprint density at radius 3 is 1.65 bits per heavy atom. The molecule has 3 nitrogen and oxygen atoms in total. The highest BCUT2D eigenvalue weighted by Crippen LogP contribution is 2.48. The van der Waals surface area contributed by atoms with E-state index in [9.17, 15) is 4.79 Å². The van der Waals surface area contributed by atoms with Crippen molar-refractivity contribution in [2.45, 2.75) is 0 Å². The number of hydrogen-bond acceptors (Lipinski definition) is 3. The van der Waals surface area contributed by atoms with E-state index >= 15 is 0 Å². The van der Waals surface area contributed by atoms with Gasteiger partial charge in [-0.25, -0.2) is 0 Å². The van der Waals surface area contributed by atoms with Crippen molar-refractivity contribution in [3.8, 4) is 5.75 Å². The summed E-state index contributed by atoms with van der Waals surface area (Å²) in [5.74, 6) is -0.878. The number of benzene rings is 1. The molecule has 0 fully saturated rings. The van der Waals surface area contributed by atoms with Gasteiger partial charge in [-0.15, -0.1) is 17.0 Å². The maximum atomic E-state index is 11.0. The van der Waals surface area contributed by atoms with E-state index in [1.807, 2.05) is 0 Å². The minimum atomic E-state index is -0.724. The van der Waals surface area contributed by atoms with Crippen LogP contribution >= 0.6 is 75.0 Å². The average molecular weight is 404 g/mol. The Labute approximate surface area is 133 Å². The van der Waals surface area contributed by atoms with Crippen LogP contribution in [0.25, 0.3) is 0 Å². The molecule has 0 bridgehead atoms. The molecular weight excluding hydrogens is 399 g/mol. The molecule has 0 heterocycles. The molecule has 0 aliphatic heterocycles. The average Bonchev–Trinajstić information content (AvgIpc) is 2.29. The van der Waals surface area contributed by atoms with Gasteiger partial charge >= 0.3 is 5.97 Å². The third-order valence-corrected chi connectivity index (χ3v) is 3.79. The number of carbonyl (C=O) groups excluding carboxylic acids is 1. The lowest BCUT2D eigenvalue weighted by atomic mass is 10.3. The first-order valence-corrected chi connectivity index (χ1v) is 5.71. The molecule has 0 saturated heterocycles. The summed E-state index contributed by atoms with van der Waals surface area (Å²) in [5, 5.41) is -0.285. The minimum Gasteiger partial charge on any atom is -0.422 e.